The van der Waals surface area contributed by atoms with Crippen molar-refractivity contribution in [2.24, 2.45) is 0 Å². The number of aryl methyl sites for hydroxylation is 1. The van der Waals surface area contributed by atoms with Crippen LogP contribution < -0.4 is 9.50 Å². The molecule has 0 saturated carbocycles. The molecule has 5 nitrogen and oxygen atoms in total. The van der Waals surface area contributed by atoms with E-state index in [4.69, 9.17) is 4.18 Å². The van der Waals surface area contributed by atoms with Gasteiger partial charge in [-0.15, -0.1) is 0 Å². The molecule has 1 heterocycles. The second kappa shape index (κ2) is 5.62. The maximum atomic E-state index is 13.6. The van der Waals surface area contributed by atoms with E-state index < -0.39 is 26.6 Å². The highest BCUT2D eigenvalue weighted by molar-refractivity contribution is 7.87. The van der Waals surface area contributed by atoms with Crippen molar-refractivity contribution in [2.45, 2.75) is 17.7 Å². The first kappa shape index (κ1) is 15.4. The molecule has 0 aliphatic carbocycles. The lowest BCUT2D eigenvalue weighted by molar-refractivity contribution is -0.116. The molecule has 1 aliphatic rings. The molecule has 2 aromatic carbocycles. The number of nitrogens with one attached hydrogen (secondary N) is 1. The summed E-state index contributed by atoms with van der Waals surface area (Å²) in [5.41, 5.74) is 1.30. The van der Waals surface area contributed by atoms with Crippen molar-refractivity contribution in [1.82, 2.24) is 0 Å². The summed E-state index contributed by atoms with van der Waals surface area (Å²) < 4.78 is 55.6. The number of fused-ring (bicyclic) bond motifs is 1. The molecule has 0 fully saturated rings. The summed E-state index contributed by atoms with van der Waals surface area (Å²) in [7, 11) is -4.43. The highest BCUT2D eigenvalue weighted by atomic mass is 32.2. The van der Waals surface area contributed by atoms with E-state index in [9.17, 15) is 22.0 Å². The number of carbonyl (C=O) groups excluding carboxylic acids is 1. The lowest BCUT2D eigenvalue weighted by atomic mass is 10.0. The Hall–Kier alpha value is -2.48. The number of anilines is 1. The molecular formula is C15H11F2NO4S. The number of amides is 1. The molecule has 23 heavy (non-hydrogen) atoms. The van der Waals surface area contributed by atoms with E-state index in [-0.39, 0.29) is 18.1 Å². The average Bonchev–Trinajstić information content (AvgIpc) is 2.46. The molecular weight excluding hydrogens is 328 g/mol. The molecule has 0 unspecified atom stereocenters. The van der Waals surface area contributed by atoms with Crippen LogP contribution in [0.4, 0.5) is 14.5 Å². The van der Waals surface area contributed by atoms with E-state index in [0.717, 1.165) is 17.7 Å². The fourth-order valence-electron chi connectivity index (χ4n) is 2.26. The second-order valence-corrected chi connectivity index (χ2v) is 6.49. The first-order chi connectivity index (χ1) is 10.8. The molecule has 0 saturated heterocycles. The van der Waals surface area contributed by atoms with Gasteiger partial charge in [-0.2, -0.15) is 8.42 Å². The first-order valence-corrected chi connectivity index (χ1v) is 8.08. The van der Waals surface area contributed by atoms with Crippen LogP contribution in [-0.4, -0.2) is 14.3 Å². The fraction of sp³-hybridized carbons (Fsp3) is 0.133. The van der Waals surface area contributed by atoms with Crippen LogP contribution in [0, 0.1) is 11.6 Å². The number of carbonyl (C=O) groups is 1. The van der Waals surface area contributed by atoms with Crippen molar-refractivity contribution in [3.8, 4) is 5.75 Å². The van der Waals surface area contributed by atoms with Crippen molar-refractivity contribution < 1.29 is 26.2 Å². The van der Waals surface area contributed by atoms with E-state index in [1.807, 2.05) is 0 Å². The zero-order valence-electron chi connectivity index (χ0n) is 11.7. The zero-order chi connectivity index (χ0) is 16.6. The Balaban J connectivity index is 1.90. The molecule has 0 atom stereocenters. The predicted octanol–water partition coefficient (Wildman–Crippen LogP) is 2.62. The van der Waals surface area contributed by atoms with E-state index in [0.29, 0.717) is 18.2 Å². The molecule has 0 aromatic heterocycles. The number of hydrogen-bond acceptors (Lipinski definition) is 4. The van der Waals surface area contributed by atoms with Crippen LogP contribution >= 0.6 is 0 Å². The van der Waals surface area contributed by atoms with E-state index in [1.165, 1.54) is 18.2 Å². The predicted molar refractivity (Wildman–Crippen MR) is 77.6 cm³/mol. The Morgan fingerprint density at radius 3 is 2.57 bits per heavy atom. The molecule has 1 amide bonds. The summed E-state index contributed by atoms with van der Waals surface area (Å²) >= 11 is 0. The van der Waals surface area contributed by atoms with Crippen LogP contribution in [0.1, 0.15) is 12.0 Å². The summed E-state index contributed by atoms with van der Waals surface area (Å²) in [6, 6.07) is 6.44. The summed E-state index contributed by atoms with van der Waals surface area (Å²) in [5, 5.41) is 2.65. The standard InChI is InChI=1S/C15H11F2NO4S/c16-10-2-5-14(12(17)8-10)23(20,21)22-11-3-4-13-9(7-11)1-6-15(19)18-13/h2-5,7-8H,1,6H2,(H,18,19). The van der Waals surface area contributed by atoms with Gasteiger partial charge in [-0.05, 0) is 42.3 Å². The average molecular weight is 339 g/mol. The summed E-state index contributed by atoms with van der Waals surface area (Å²) in [6.07, 6.45) is 0.735. The number of halogens is 2. The van der Waals surface area contributed by atoms with Crippen LogP contribution in [0.15, 0.2) is 41.3 Å². The lowest BCUT2D eigenvalue weighted by Gasteiger charge is -2.17. The SMILES string of the molecule is O=C1CCc2cc(OS(=O)(=O)c3ccc(F)cc3F)ccc2N1. The van der Waals surface area contributed by atoms with Gasteiger partial charge >= 0.3 is 10.1 Å². The second-order valence-electron chi connectivity index (χ2n) is 4.98. The Labute approximate surface area is 131 Å². The normalized spacial score (nSPS) is 14.1. The van der Waals surface area contributed by atoms with Gasteiger partial charge in [0.05, 0.1) is 0 Å². The Kier molecular flexibility index (Phi) is 3.77. The zero-order valence-corrected chi connectivity index (χ0v) is 12.5. The Bertz CT molecular complexity index is 896. The van der Waals surface area contributed by atoms with Gasteiger partial charge in [0.1, 0.15) is 22.3 Å². The largest absolute Gasteiger partial charge is 0.379 e. The third-order valence-electron chi connectivity index (χ3n) is 3.34. The third kappa shape index (κ3) is 3.16. The topological polar surface area (TPSA) is 72.5 Å². The van der Waals surface area contributed by atoms with Crippen molar-refractivity contribution in [1.29, 1.82) is 0 Å². The van der Waals surface area contributed by atoms with E-state index >= 15 is 0 Å². The Morgan fingerprint density at radius 2 is 1.83 bits per heavy atom. The van der Waals surface area contributed by atoms with Crippen molar-refractivity contribution in [3.63, 3.8) is 0 Å². The smallest absolute Gasteiger partial charge is 0.342 e. The molecule has 8 heteroatoms. The highest BCUT2D eigenvalue weighted by Gasteiger charge is 2.23. The Morgan fingerprint density at radius 1 is 1.04 bits per heavy atom. The maximum Gasteiger partial charge on any atom is 0.342 e. The lowest BCUT2D eigenvalue weighted by Crippen LogP contribution is -2.19. The van der Waals surface area contributed by atoms with Crippen molar-refractivity contribution in [2.75, 3.05) is 5.32 Å². The van der Waals surface area contributed by atoms with Crippen LogP contribution in [0.2, 0.25) is 0 Å². The maximum absolute atomic E-state index is 13.6. The van der Waals surface area contributed by atoms with Gasteiger partial charge < -0.3 is 9.50 Å². The van der Waals surface area contributed by atoms with Crippen LogP contribution in [0.5, 0.6) is 5.75 Å². The van der Waals surface area contributed by atoms with Crippen molar-refractivity contribution >= 4 is 21.7 Å². The minimum atomic E-state index is -4.43. The van der Waals surface area contributed by atoms with Crippen LogP contribution in [0.3, 0.4) is 0 Å². The minimum absolute atomic E-state index is 0.0105. The van der Waals surface area contributed by atoms with Gasteiger partial charge in [-0.25, -0.2) is 8.78 Å². The summed E-state index contributed by atoms with van der Waals surface area (Å²) in [6.45, 7) is 0. The molecule has 2 aromatic rings. The van der Waals surface area contributed by atoms with Gasteiger partial charge in [0.25, 0.3) is 0 Å². The summed E-state index contributed by atoms with van der Waals surface area (Å²) in [5.74, 6) is -2.24. The molecule has 0 spiro atoms. The summed E-state index contributed by atoms with van der Waals surface area (Å²) in [4.78, 5) is 10.5. The molecule has 0 bridgehead atoms. The monoisotopic (exact) mass is 339 g/mol. The molecule has 1 N–H and O–H groups in total. The highest BCUT2D eigenvalue weighted by Crippen LogP contribution is 2.29. The van der Waals surface area contributed by atoms with E-state index in [2.05, 4.69) is 5.32 Å². The van der Waals surface area contributed by atoms with Gasteiger partial charge in [-0.1, -0.05) is 0 Å². The number of hydrogen-bond donors (Lipinski definition) is 1. The fourth-order valence-corrected chi connectivity index (χ4v) is 3.24. The van der Waals surface area contributed by atoms with Gasteiger partial charge in [0.15, 0.2) is 0 Å². The minimum Gasteiger partial charge on any atom is -0.379 e. The van der Waals surface area contributed by atoms with Gasteiger partial charge in [-0.3, -0.25) is 4.79 Å². The van der Waals surface area contributed by atoms with Crippen LogP contribution in [-0.2, 0) is 21.3 Å². The van der Waals surface area contributed by atoms with Crippen molar-refractivity contribution in [3.05, 3.63) is 53.6 Å². The number of benzene rings is 2. The van der Waals surface area contributed by atoms with Gasteiger partial charge in [0, 0.05) is 18.2 Å². The third-order valence-corrected chi connectivity index (χ3v) is 4.62. The molecule has 3 rings (SSSR count). The molecule has 120 valence electrons. The molecule has 0 radical (unpaired) electrons. The number of rotatable bonds is 3. The quantitative estimate of drug-likeness (QED) is 0.873. The van der Waals surface area contributed by atoms with Gasteiger partial charge in [0.2, 0.25) is 5.91 Å². The van der Waals surface area contributed by atoms with E-state index in [1.54, 1.807) is 0 Å². The van der Waals surface area contributed by atoms with Crippen LogP contribution in [0.25, 0.3) is 0 Å². The first-order valence-electron chi connectivity index (χ1n) is 6.67. The molecule has 1 aliphatic heterocycles.